The summed E-state index contributed by atoms with van der Waals surface area (Å²) in [4.78, 5) is 23.9. The van der Waals surface area contributed by atoms with Gasteiger partial charge in [0.05, 0.1) is 26.8 Å². The van der Waals surface area contributed by atoms with Crippen molar-refractivity contribution in [2.24, 2.45) is 0 Å². The van der Waals surface area contributed by atoms with Gasteiger partial charge in [-0.15, -0.1) is 0 Å². The normalized spacial score (nSPS) is 10.1. The van der Waals surface area contributed by atoms with Crippen LogP contribution in [0.15, 0.2) is 0 Å². The van der Waals surface area contributed by atoms with E-state index in [1.807, 2.05) is 6.92 Å². The van der Waals surface area contributed by atoms with E-state index in [0.29, 0.717) is 13.2 Å². The first-order valence-corrected chi connectivity index (χ1v) is 5.08. The molecule has 0 bridgehead atoms. The summed E-state index contributed by atoms with van der Waals surface area (Å²) >= 11 is 0. The zero-order chi connectivity index (χ0) is 11.7. The fraction of sp³-hybridized carbons (Fsp3) is 0.800. The Morgan fingerprint density at radius 3 is 2.20 bits per heavy atom. The largest absolute Gasteiger partial charge is 0.468 e. The minimum atomic E-state index is -0.340. The molecular weight excluding hydrogens is 198 g/mol. The average Bonchev–Trinajstić information content (AvgIpc) is 2.18. The maximum Gasteiger partial charge on any atom is 0.320 e. The molecule has 0 fully saturated rings. The molecule has 0 aromatic rings. The smallest absolute Gasteiger partial charge is 0.320 e. The minimum Gasteiger partial charge on any atom is -0.468 e. The van der Waals surface area contributed by atoms with Crippen molar-refractivity contribution in [2.45, 2.75) is 20.3 Å². The van der Waals surface area contributed by atoms with E-state index < -0.39 is 0 Å². The van der Waals surface area contributed by atoms with Crippen molar-refractivity contribution in [3.63, 3.8) is 0 Å². The Morgan fingerprint density at radius 1 is 1.13 bits per heavy atom. The van der Waals surface area contributed by atoms with Crippen molar-refractivity contribution in [3.05, 3.63) is 0 Å². The Bertz CT molecular complexity index is 206. The monoisotopic (exact) mass is 217 g/mol. The molecule has 0 heterocycles. The third-order valence-corrected chi connectivity index (χ3v) is 1.78. The van der Waals surface area contributed by atoms with Crippen LogP contribution in [-0.2, 0) is 19.1 Å². The van der Waals surface area contributed by atoms with Crippen LogP contribution >= 0.6 is 0 Å². The maximum atomic E-state index is 11.2. The van der Waals surface area contributed by atoms with E-state index in [1.165, 1.54) is 7.11 Å². The molecule has 0 saturated carbocycles. The van der Waals surface area contributed by atoms with Crippen molar-refractivity contribution < 1.29 is 19.1 Å². The molecule has 0 aliphatic heterocycles. The van der Waals surface area contributed by atoms with Crippen molar-refractivity contribution in [1.82, 2.24) is 4.90 Å². The Balaban J connectivity index is 4.02. The van der Waals surface area contributed by atoms with Crippen LogP contribution < -0.4 is 0 Å². The van der Waals surface area contributed by atoms with Gasteiger partial charge in [-0.25, -0.2) is 0 Å². The highest BCUT2D eigenvalue weighted by atomic mass is 16.5. The van der Waals surface area contributed by atoms with Crippen LogP contribution in [0.4, 0.5) is 0 Å². The van der Waals surface area contributed by atoms with Gasteiger partial charge >= 0.3 is 11.9 Å². The second-order valence-electron chi connectivity index (χ2n) is 3.09. The maximum absolute atomic E-state index is 11.2. The lowest BCUT2D eigenvalue weighted by atomic mass is 10.4. The number of hydrogen-bond donors (Lipinski definition) is 0. The van der Waals surface area contributed by atoms with Gasteiger partial charge in [0.2, 0.25) is 0 Å². The van der Waals surface area contributed by atoms with Gasteiger partial charge in [-0.2, -0.15) is 0 Å². The summed E-state index contributed by atoms with van der Waals surface area (Å²) in [6, 6.07) is 0. The molecule has 0 rings (SSSR count). The highest BCUT2D eigenvalue weighted by molar-refractivity contribution is 5.74. The average molecular weight is 217 g/mol. The zero-order valence-electron chi connectivity index (χ0n) is 9.62. The number of nitrogens with zero attached hydrogens (tertiary/aromatic N) is 1. The molecule has 15 heavy (non-hydrogen) atoms. The van der Waals surface area contributed by atoms with E-state index in [2.05, 4.69) is 4.74 Å². The number of esters is 2. The van der Waals surface area contributed by atoms with Crippen LogP contribution in [0.2, 0.25) is 0 Å². The molecule has 0 unspecified atom stereocenters. The van der Waals surface area contributed by atoms with Gasteiger partial charge in [-0.1, -0.05) is 6.92 Å². The van der Waals surface area contributed by atoms with Crippen molar-refractivity contribution in [2.75, 3.05) is 33.4 Å². The molecule has 5 nitrogen and oxygen atoms in total. The first-order chi connectivity index (χ1) is 7.13. The first kappa shape index (κ1) is 13.9. The Kier molecular flexibility index (Phi) is 7.62. The summed E-state index contributed by atoms with van der Waals surface area (Å²) in [7, 11) is 1.33. The van der Waals surface area contributed by atoms with Gasteiger partial charge in [0, 0.05) is 0 Å². The van der Waals surface area contributed by atoms with E-state index in [9.17, 15) is 9.59 Å². The summed E-state index contributed by atoms with van der Waals surface area (Å²) in [6.07, 6.45) is 0.871. The molecule has 88 valence electrons. The van der Waals surface area contributed by atoms with E-state index in [4.69, 9.17) is 4.74 Å². The lowest BCUT2D eigenvalue weighted by Gasteiger charge is -2.18. The van der Waals surface area contributed by atoms with Gasteiger partial charge in [-0.3, -0.25) is 14.5 Å². The molecule has 0 radical (unpaired) electrons. The Labute approximate surface area is 90.3 Å². The Morgan fingerprint density at radius 2 is 1.73 bits per heavy atom. The van der Waals surface area contributed by atoms with Crippen LogP contribution in [0, 0.1) is 0 Å². The van der Waals surface area contributed by atoms with Gasteiger partial charge in [0.1, 0.15) is 0 Å². The zero-order valence-corrected chi connectivity index (χ0v) is 9.62. The molecule has 0 spiro atoms. The summed E-state index contributed by atoms with van der Waals surface area (Å²) in [5.41, 5.74) is 0. The van der Waals surface area contributed by atoms with Crippen LogP contribution in [0.25, 0.3) is 0 Å². The molecule has 0 aromatic heterocycles. The first-order valence-electron chi connectivity index (χ1n) is 5.08. The molecule has 0 atom stereocenters. The number of ether oxygens (including phenoxy) is 2. The van der Waals surface area contributed by atoms with E-state index in [1.54, 1.807) is 11.8 Å². The van der Waals surface area contributed by atoms with E-state index in [0.717, 1.165) is 6.42 Å². The topological polar surface area (TPSA) is 55.8 Å². The van der Waals surface area contributed by atoms with E-state index >= 15 is 0 Å². The van der Waals surface area contributed by atoms with Gasteiger partial charge < -0.3 is 9.47 Å². The summed E-state index contributed by atoms with van der Waals surface area (Å²) in [6.45, 7) is 5.03. The summed E-state index contributed by atoms with van der Waals surface area (Å²) < 4.78 is 9.34. The third kappa shape index (κ3) is 6.90. The van der Waals surface area contributed by atoms with Crippen LogP contribution in [0.5, 0.6) is 0 Å². The Hall–Kier alpha value is -1.10. The second kappa shape index (κ2) is 8.23. The van der Waals surface area contributed by atoms with Crippen LogP contribution in [0.3, 0.4) is 0 Å². The molecule has 0 aromatic carbocycles. The van der Waals surface area contributed by atoms with E-state index in [-0.39, 0.29) is 25.0 Å². The molecule has 0 N–H and O–H groups in total. The fourth-order valence-corrected chi connectivity index (χ4v) is 1.17. The lowest BCUT2D eigenvalue weighted by molar-refractivity contribution is -0.147. The number of carbonyl (C=O) groups excluding carboxylic acids is 2. The minimum absolute atomic E-state index is 0.128. The predicted octanol–water partition coefficient (Wildman–Crippen LogP) is 0.434. The van der Waals surface area contributed by atoms with Crippen molar-refractivity contribution >= 4 is 11.9 Å². The highest BCUT2D eigenvalue weighted by Gasteiger charge is 2.14. The van der Waals surface area contributed by atoms with Crippen molar-refractivity contribution in [3.8, 4) is 0 Å². The summed E-state index contributed by atoms with van der Waals surface area (Å²) in [5.74, 6) is -0.650. The van der Waals surface area contributed by atoms with Gasteiger partial charge in [0.25, 0.3) is 0 Å². The van der Waals surface area contributed by atoms with Crippen molar-refractivity contribution in [1.29, 1.82) is 0 Å². The van der Waals surface area contributed by atoms with Crippen LogP contribution in [0.1, 0.15) is 20.3 Å². The molecular formula is C10H19NO4. The SMILES string of the molecule is CCCN(CC(=O)OC)CC(=O)OCC. The molecule has 5 heteroatoms. The number of rotatable bonds is 7. The molecule has 0 saturated heterocycles. The van der Waals surface area contributed by atoms with Gasteiger partial charge in [-0.05, 0) is 19.9 Å². The highest BCUT2D eigenvalue weighted by Crippen LogP contribution is 1.94. The van der Waals surface area contributed by atoms with Gasteiger partial charge in [0.15, 0.2) is 0 Å². The standard InChI is InChI=1S/C10H19NO4/c1-4-6-11(7-9(12)14-3)8-10(13)15-5-2/h4-8H2,1-3H3. The number of carbonyl (C=O) groups is 2. The number of hydrogen-bond acceptors (Lipinski definition) is 5. The molecule has 0 aliphatic rings. The molecule has 0 amide bonds. The predicted molar refractivity (Wildman–Crippen MR) is 55.4 cm³/mol. The summed E-state index contributed by atoms with van der Waals surface area (Å²) in [5, 5.41) is 0. The number of methoxy groups -OCH3 is 1. The molecule has 0 aliphatic carbocycles. The third-order valence-electron chi connectivity index (χ3n) is 1.78. The lowest BCUT2D eigenvalue weighted by Crippen LogP contribution is -2.36. The fourth-order valence-electron chi connectivity index (χ4n) is 1.17. The quantitative estimate of drug-likeness (QED) is 0.579. The second-order valence-corrected chi connectivity index (χ2v) is 3.09. The van der Waals surface area contributed by atoms with Crippen LogP contribution in [-0.4, -0.2) is 50.2 Å².